The molecule has 2 nitrogen and oxygen atoms in total. The third-order valence-electron chi connectivity index (χ3n) is 4.68. The Kier molecular flexibility index (Phi) is 5.31. The molecule has 0 saturated heterocycles. The number of nitrogens with two attached hydrogens (primary N) is 1. The molecule has 2 heteroatoms. The Labute approximate surface area is 124 Å². The van der Waals surface area contributed by atoms with Crippen LogP contribution in [0, 0.1) is 5.41 Å². The maximum Gasteiger partial charge on any atom is 0.0318 e. The van der Waals surface area contributed by atoms with Gasteiger partial charge in [-0.2, -0.15) is 0 Å². The Bertz CT molecular complexity index is 417. The van der Waals surface area contributed by atoms with Crippen LogP contribution < -0.4 is 5.73 Å². The molecule has 1 atom stereocenters. The van der Waals surface area contributed by atoms with Crippen molar-refractivity contribution in [3.05, 3.63) is 23.5 Å². The third kappa shape index (κ3) is 3.88. The molecule has 0 bridgehead atoms. The summed E-state index contributed by atoms with van der Waals surface area (Å²) in [5.74, 6) is 0. The van der Waals surface area contributed by atoms with Crippen molar-refractivity contribution in [2.24, 2.45) is 11.1 Å². The van der Waals surface area contributed by atoms with E-state index in [2.05, 4.69) is 37.6 Å². The summed E-state index contributed by atoms with van der Waals surface area (Å²) in [6.07, 6.45) is 12.7. The molecule has 0 spiro atoms. The Hall–Kier alpha value is -0.760. The summed E-state index contributed by atoms with van der Waals surface area (Å²) in [5, 5.41) is 0. The van der Waals surface area contributed by atoms with Gasteiger partial charge in [0.25, 0.3) is 0 Å². The van der Waals surface area contributed by atoms with Gasteiger partial charge in [-0.25, -0.2) is 0 Å². The smallest absolute Gasteiger partial charge is 0.0318 e. The number of fused-ring (bicyclic) bond motifs is 1. The lowest BCUT2D eigenvalue weighted by Crippen LogP contribution is -2.30. The second-order valence-electron chi connectivity index (χ2n) is 7.33. The van der Waals surface area contributed by atoms with Gasteiger partial charge in [-0.1, -0.05) is 52.9 Å². The monoisotopic (exact) mass is 276 g/mol. The predicted molar refractivity (Wildman–Crippen MR) is 86.8 cm³/mol. The number of hydrogen-bond donors (Lipinski definition) is 1. The van der Waals surface area contributed by atoms with Crippen molar-refractivity contribution in [1.82, 2.24) is 4.57 Å². The molecule has 0 saturated carbocycles. The number of hydrogen-bond acceptors (Lipinski definition) is 1. The van der Waals surface area contributed by atoms with E-state index in [-0.39, 0.29) is 6.04 Å². The fraction of sp³-hybridized carbons (Fsp3) is 0.778. The minimum atomic E-state index is 0.236. The van der Waals surface area contributed by atoms with Crippen molar-refractivity contribution in [1.29, 1.82) is 0 Å². The van der Waals surface area contributed by atoms with Gasteiger partial charge < -0.3 is 10.3 Å². The van der Waals surface area contributed by atoms with Gasteiger partial charge >= 0.3 is 0 Å². The zero-order valence-corrected chi connectivity index (χ0v) is 13.6. The molecule has 1 heterocycles. The van der Waals surface area contributed by atoms with E-state index in [0.29, 0.717) is 5.41 Å². The maximum atomic E-state index is 6.33. The Morgan fingerprint density at radius 3 is 2.65 bits per heavy atom. The van der Waals surface area contributed by atoms with Crippen LogP contribution in [0.5, 0.6) is 0 Å². The summed E-state index contributed by atoms with van der Waals surface area (Å²) < 4.78 is 2.47. The minimum absolute atomic E-state index is 0.236. The van der Waals surface area contributed by atoms with Crippen LogP contribution in [0.4, 0.5) is 0 Å². The standard InChI is InChI=1S/C18H32N2/c1-4-5-6-7-8-9-11-20-12-10-15-16(19)13-18(2,3)14-17(15)20/h10,12,16H,4-9,11,13-14,19H2,1-3H3. The first-order chi connectivity index (χ1) is 9.53. The van der Waals surface area contributed by atoms with Gasteiger partial charge in [0.2, 0.25) is 0 Å². The highest BCUT2D eigenvalue weighted by atomic mass is 15.0. The van der Waals surface area contributed by atoms with E-state index in [0.717, 1.165) is 6.42 Å². The summed E-state index contributed by atoms with van der Waals surface area (Å²) in [4.78, 5) is 0. The molecule has 1 unspecified atom stereocenters. The van der Waals surface area contributed by atoms with Crippen molar-refractivity contribution < 1.29 is 0 Å². The van der Waals surface area contributed by atoms with Crippen LogP contribution in [-0.2, 0) is 13.0 Å². The Morgan fingerprint density at radius 2 is 1.90 bits per heavy atom. The second kappa shape index (κ2) is 6.80. The zero-order chi connectivity index (χ0) is 14.6. The van der Waals surface area contributed by atoms with Crippen molar-refractivity contribution in [2.75, 3.05) is 0 Å². The van der Waals surface area contributed by atoms with E-state index in [4.69, 9.17) is 5.73 Å². The molecule has 0 aromatic carbocycles. The number of unbranched alkanes of at least 4 members (excludes halogenated alkanes) is 5. The van der Waals surface area contributed by atoms with Gasteiger partial charge in [-0.3, -0.25) is 0 Å². The lowest BCUT2D eigenvalue weighted by molar-refractivity contribution is 0.274. The maximum absolute atomic E-state index is 6.33. The fourth-order valence-electron chi connectivity index (χ4n) is 3.57. The van der Waals surface area contributed by atoms with E-state index in [1.165, 1.54) is 62.7 Å². The van der Waals surface area contributed by atoms with Crippen LogP contribution in [-0.4, -0.2) is 4.57 Å². The zero-order valence-electron chi connectivity index (χ0n) is 13.6. The molecule has 2 rings (SSSR count). The van der Waals surface area contributed by atoms with Crippen molar-refractivity contribution >= 4 is 0 Å². The summed E-state index contributed by atoms with van der Waals surface area (Å²) in [6.45, 7) is 8.14. The van der Waals surface area contributed by atoms with Crippen LogP contribution in [0.25, 0.3) is 0 Å². The van der Waals surface area contributed by atoms with Crippen LogP contribution in [0.2, 0.25) is 0 Å². The first-order valence-electron chi connectivity index (χ1n) is 8.47. The molecular formula is C18H32N2. The highest BCUT2D eigenvalue weighted by Crippen LogP contribution is 2.40. The molecule has 20 heavy (non-hydrogen) atoms. The molecule has 1 aliphatic rings. The summed E-state index contributed by atoms with van der Waals surface area (Å²) in [7, 11) is 0. The quantitative estimate of drug-likeness (QED) is 0.711. The van der Waals surface area contributed by atoms with Gasteiger partial charge in [0.1, 0.15) is 0 Å². The van der Waals surface area contributed by atoms with E-state index in [1.54, 1.807) is 0 Å². The number of aryl methyl sites for hydroxylation is 1. The first-order valence-corrected chi connectivity index (χ1v) is 8.47. The van der Waals surface area contributed by atoms with Crippen LogP contribution in [0.15, 0.2) is 12.3 Å². The average Bonchev–Trinajstić information content (AvgIpc) is 2.75. The van der Waals surface area contributed by atoms with Crippen LogP contribution >= 0.6 is 0 Å². The number of rotatable bonds is 7. The van der Waals surface area contributed by atoms with E-state index in [9.17, 15) is 0 Å². The average molecular weight is 276 g/mol. The molecule has 1 aromatic rings. The molecule has 114 valence electrons. The van der Waals surface area contributed by atoms with E-state index >= 15 is 0 Å². The molecular weight excluding hydrogens is 244 g/mol. The SMILES string of the molecule is CCCCCCCCn1ccc2c1CC(C)(C)CC2N. The second-order valence-corrected chi connectivity index (χ2v) is 7.33. The molecule has 0 fully saturated rings. The summed E-state index contributed by atoms with van der Waals surface area (Å²) in [6, 6.07) is 2.49. The third-order valence-corrected chi connectivity index (χ3v) is 4.68. The summed E-state index contributed by atoms with van der Waals surface area (Å²) in [5.41, 5.74) is 9.58. The first kappa shape index (κ1) is 15.6. The Morgan fingerprint density at radius 1 is 1.20 bits per heavy atom. The van der Waals surface area contributed by atoms with Gasteiger partial charge in [-0.15, -0.1) is 0 Å². The van der Waals surface area contributed by atoms with E-state index in [1.807, 2.05) is 0 Å². The molecule has 0 aliphatic heterocycles. The van der Waals surface area contributed by atoms with E-state index < -0.39 is 0 Å². The normalized spacial score (nSPS) is 20.9. The fourth-order valence-corrected chi connectivity index (χ4v) is 3.57. The van der Waals surface area contributed by atoms with Crippen LogP contribution in [0.1, 0.15) is 83.0 Å². The molecule has 0 radical (unpaired) electrons. The predicted octanol–water partition coefficient (Wildman–Crippen LogP) is 4.82. The van der Waals surface area contributed by atoms with Crippen molar-refractivity contribution in [3.63, 3.8) is 0 Å². The lowest BCUT2D eigenvalue weighted by Gasteiger charge is -2.34. The number of nitrogens with zero attached hydrogens (tertiary/aromatic N) is 1. The van der Waals surface area contributed by atoms with Crippen molar-refractivity contribution in [3.8, 4) is 0 Å². The van der Waals surface area contributed by atoms with Gasteiger partial charge in [0.05, 0.1) is 0 Å². The topological polar surface area (TPSA) is 30.9 Å². The van der Waals surface area contributed by atoms with Gasteiger partial charge in [0, 0.05) is 24.5 Å². The minimum Gasteiger partial charge on any atom is -0.351 e. The Balaban J connectivity index is 1.88. The van der Waals surface area contributed by atoms with Crippen LogP contribution in [0.3, 0.4) is 0 Å². The molecule has 1 aromatic heterocycles. The number of aromatic nitrogens is 1. The summed E-state index contributed by atoms with van der Waals surface area (Å²) >= 11 is 0. The molecule has 0 amide bonds. The molecule has 2 N–H and O–H groups in total. The highest BCUT2D eigenvalue weighted by molar-refractivity contribution is 5.30. The van der Waals surface area contributed by atoms with Gasteiger partial charge in [-0.05, 0) is 36.3 Å². The van der Waals surface area contributed by atoms with Gasteiger partial charge in [0.15, 0.2) is 0 Å². The lowest BCUT2D eigenvalue weighted by atomic mass is 9.74. The van der Waals surface area contributed by atoms with Crippen molar-refractivity contribution in [2.45, 2.75) is 84.7 Å². The highest BCUT2D eigenvalue weighted by Gasteiger charge is 2.32. The largest absolute Gasteiger partial charge is 0.351 e. The molecule has 1 aliphatic carbocycles.